The van der Waals surface area contributed by atoms with E-state index in [2.05, 4.69) is 132 Å². The highest BCUT2D eigenvalue weighted by Crippen LogP contribution is 2.45. The van der Waals surface area contributed by atoms with Crippen LogP contribution >= 0.6 is 0 Å². The average Bonchev–Trinajstić information content (AvgIpc) is 3.09. The predicted molar refractivity (Wildman–Crippen MR) is 184 cm³/mol. The lowest BCUT2D eigenvalue weighted by molar-refractivity contribution is 0.628. The highest BCUT2D eigenvalue weighted by Gasteiger charge is 2.18. The van der Waals surface area contributed by atoms with E-state index in [9.17, 15) is 4.39 Å². The molecule has 0 amide bonds. The number of rotatable bonds is 5. The predicted octanol–water partition coefficient (Wildman–Crippen LogP) is 12.1. The maximum absolute atomic E-state index is 13.8. The molecule has 2 heteroatoms. The molecule has 8 aromatic rings. The number of halogens is 1. The quantitative estimate of drug-likeness (QED) is 0.188. The smallest absolute Gasteiger partial charge is 0.123 e. The fourth-order valence-electron chi connectivity index (χ4n) is 6.56. The van der Waals surface area contributed by atoms with Crippen LogP contribution in [0, 0.1) is 5.82 Å². The summed E-state index contributed by atoms with van der Waals surface area (Å²) in [6.45, 7) is 0. The Labute approximate surface area is 256 Å². The summed E-state index contributed by atoms with van der Waals surface area (Å²) in [6.07, 6.45) is 0. The number of para-hydroxylation sites is 1. The Morgan fingerprint density at radius 3 is 1.41 bits per heavy atom. The second-order valence-electron chi connectivity index (χ2n) is 11.1. The molecule has 0 aliphatic heterocycles. The number of hydrogen-bond acceptors (Lipinski definition) is 1. The molecule has 8 rings (SSSR count). The van der Waals surface area contributed by atoms with Crippen LogP contribution in [0.1, 0.15) is 0 Å². The van der Waals surface area contributed by atoms with E-state index in [0.29, 0.717) is 0 Å². The molecule has 8 aromatic carbocycles. The van der Waals surface area contributed by atoms with Crippen molar-refractivity contribution < 1.29 is 4.39 Å². The van der Waals surface area contributed by atoms with E-state index in [1.54, 1.807) is 0 Å². The van der Waals surface area contributed by atoms with Gasteiger partial charge in [0.2, 0.25) is 0 Å². The lowest BCUT2D eigenvalue weighted by Crippen LogP contribution is -2.09. The van der Waals surface area contributed by atoms with Crippen molar-refractivity contribution in [2.75, 3.05) is 4.90 Å². The van der Waals surface area contributed by atoms with Gasteiger partial charge in [-0.25, -0.2) is 4.39 Å². The first-order chi connectivity index (χ1) is 21.8. The molecule has 0 aliphatic carbocycles. The van der Waals surface area contributed by atoms with Gasteiger partial charge in [0.1, 0.15) is 5.82 Å². The molecule has 0 atom stereocenters. The molecule has 0 fully saturated rings. The van der Waals surface area contributed by atoms with Gasteiger partial charge in [0.05, 0.1) is 0 Å². The Morgan fingerprint density at radius 2 is 0.795 bits per heavy atom. The zero-order valence-electron chi connectivity index (χ0n) is 24.0. The van der Waals surface area contributed by atoms with Crippen LogP contribution in [-0.4, -0.2) is 0 Å². The van der Waals surface area contributed by atoms with Crippen LogP contribution in [0.25, 0.3) is 54.6 Å². The van der Waals surface area contributed by atoms with Crippen molar-refractivity contribution in [3.05, 3.63) is 176 Å². The monoisotopic (exact) mass is 565 g/mol. The maximum atomic E-state index is 13.8. The fourth-order valence-corrected chi connectivity index (χ4v) is 6.56. The second-order valence-corrected chi connectivity index (χ2v) is 11.1. The third kappa shape index (κ3) is 4.40. The zero-order valence-corrected chi connectivity index (χ0v) is 24.0. The minimum absolute atomic E-state index is 0.247. The van der Waals surface area contributed by atoms with E-state index >= 15 is 0 Å². The summed E-state index contributed by atoms with van der Waals surface area (Å²) in [6, 6.07) is 58.4. The molecule has 44 heavy (non-hydrogen) atoms. The Hall–Kier alpha value is -5.73. The van der Waals surface area contributed by atoms with Crippen LogP contribution in [0.5, 0.6) is 0 Å². The van der Waals surface area contributed by atoms with Crippen LogP contribution in [-0.2, 0) is 0 Å². The maximum Gasteiger partial charge on any atom is 0.123 e. The summed E-state index contributed by atoms with van der Waals surface area (Å²) < 4.78 is 13.8. The van der Waals surface area contributed by atoms with Gasteiger partial charge in [-0.05, 0) is 103 Å². The SMILES string of the molecule is Fc1ccc(N(c2ccccc2)c2ccc(-c3c4ccccc4c(-c4cccc5ccccc45)c4ccccc34)cc2)cc1. The number of fused-ring (bicyclic) bond motifs is 3. The minimum atomic E-state index is -0.247. The van der Waals surface area contributed by atoms with Crippen molar-refractivity contribution in [2.24, 2.45) is 0 Å². The molecule has 0 saturated heterocycles. The van der Waals surface area contributed by atoms with Crippen LogP contribution < -0.4 is 4.90 Å². The van der Waals surface area contributed by atoms with Crippen LogP contribution in [0.15, 0.2) is 170 Å². The summed E-state index contributed by atoms with van der Waals surface area (Å²) in [5.41, 5.74) is 7.81. The van der Waals surface area contributed by atoms with Gasteiger partial charge in [-0.1, -0.05) is 121 Å². The normalized spacial score (nSPS) is 11.3. The summed E-state index contributed by atoms with van der Waals surface area (Å²) in [5, 5.41) is 7.41. The lowest BCUT2D eigenvalue weighted by Gasteiger charge is -2.26. The zero-order chi connectivity index (χ0) is 29.5. The summed E-state index contributed by atoms with van der Waals surface area (Å²) >= 11 is 0. The lowest BCUT2D eigenvalue weighted by atomic mass is 9.85. The molecule has 0 N–H and O–H groups in total. The number of benzene rings is 8. The molecule has 0 radical (unpaired) electrons. The molecule has 0 bridgehead atoms. The highest BCUT2D eigenvalue weighted by atomic mass is 19.1. The van der Waals surface area contributed by atoms with Crippen LogP contribution in [0.4, 0.5) is 21.5 Å². The van der Waals surface area contributed by atoms with Crippen molar-refractivity contribution >= 4 is 49.4 Å². The molecule has 0 heterocycles. The highest BCUT2D eigenvalue weighted by molar-refractivity contribution is 6.23. The van der Waals surface area contributed by atoms with Gasteiger partial charge in [-0.15, -0.1) is 0 Å². The molecular formula is C42H28FN. The molecule has 0 spiro atoms. The Bertz CT molecular complexity index is 2210. The Balaban J connectivity index is 1.34. The van der Waals surface area contributed by atoms with E-state index in [4.69, 9.17) is 0 Å². The van der Waals surface area contributed by atoms with Crippen LogP contribution in [0.2, 0.25) is 0 Å². The summed E-state index contributed by atoms with van der Waals surface area (Å²) in [5.74, 6) is -0.247. The van der Waals surface area contributed by atoms with Gasteiger partial charge in [0, 0.05) is 17.1 Å². The Morgan fingerprint density at radius 1 is 0.341 bits per heavy atom. The van der Waals surface area contributed by atoms with Crippen molar-refractivity contribution in [1.82, 2.24) is 0 Å². The molecule has 1 nitrogen and oxygen atoms in total. The number of anilines is 3. The number of hydrogen-bond donors (Lipinski definition) is 0. The first-order valence-corrected chi connectivity index (χ1v) is 14.9. The van der Waals surface area contributed by atoms with E-state index in [1.165, 1.54) is 61.1 Å². The molecule has 0 aromatic heterocycles. The van der Waals surface area contributed by atoms with E-state index < -0.39 is 0 Å². The average molecular weight is 566 g/mol. The van der Waals surface area contributed by atoms with Gasteiger partial charge in [-0.3, -0.25) is 0 Å². The molecular weight excluding hydrogens is 537 g/mol. The van der Waals surface area contributed by atoms with Crippen molar-refractivity contribution in [1.29, 1.82) is 0 Å². The fraction of sp³-hybridized carbons (Fsp3) is 0. The number of nitrogens with zero attached hydrogens (tertiary/aromatic N) is 1. The van der Waals surface area contributed by atoms with Crippen LogP contribution in [0.3, 0.4) is 0 Å². The molecule has 0 aliphatic rings. The third-order valence-electron chi connectivity index (χ3n) is 8.50. The molecule has 208 valence electrons. The second kappa shape index (κ2) is 10.8. The first-order valence-electron chi connectivity index (χ1n) is 14.9. The molecule has 0 saturated carbocycles. The van der Waals surface area contributed by atoms with Crippen molar-refractivity contribution in [3.8, 4) is 22.3 Å². The van der Waals surface area contributed by atoms with Gasteiger partial charge in [-0.2, -0.15) is 0 Å². The van der Waals surface area contributed by atoms with E-state index in [1.807, 2.05) is 30.3 Å². The standard InChI is InChI=1S/C42H28FN/c43-31-23-27-34(28-24-31)44(32-13-2-1-3-14-32)33-25-21-30(22-26-33)41-37-16-6-8-18-39(37)42(40-19-9-7-17-38(40)41)36-20-10-12-29-11-4-5-15-35(29)36/h1-28H. The van der Waals surface area contributed by atoms with Gasteiger partial charge >= 0.3 is 0 Å². The van der Waals surface area contributed by atoms with Gasteiger partial charge in [0.15, 0.2) is 0 Å². The third-order valence-corrected chi connectivity index (χ3v) is 8.50. The van der Waals surface area contributed by atoms with E-state index in [-0.39, 0.29) is 5.82 Å². The largest absolute Gasteiger partial charge is 0.311 e. The topological polar surface area (TPSA) is 3.24 Å². The minimum Gasteiger partial charge on any atom is -0.311 e. The van der Waals surface area contributed by atoms with Gasteiger partial charge < -0.3 is 4.90 Å². The first kappa shape index (κ1) is 25.9. The molecule has 0 unspecified atom stereocenters. The van der Waals surface area contributed by atoms with E-state index in [0.717, 1.165) is 22.6 Å². The van der Waals surface area contributed by atoms with Crippen molar-refractivity contribution in [2.45, 2.75) is 0 Å². The van der Waals surface area contributed by atoms with Crippen molar-refractivity contribution in [3.63, 3.8) is 0 Å². The summed E-state index contributed by atoms with van der Waals surface area (Å²) in [7, 11) is 0. The van der Waals surface area contributed by atoms with Gasteiger partial charge in [0.25, 0.3) is 0 Å². The Kier molecular flexibility index (Phi) is 6.39. The summed E-state index contributed by atoms with van der Waals surface area (Å²) in [4.78, 5) is 2.16.